The number of nitrogens with one attached hydrogen (secondary N) is 1. The van der Waals surface area contributed by atoms with Gasteiger partial charge in [-0.2, -0.15) is 0 Å². The van der Waals surface area contributed by atoms with E-state index in [0.717, 1.165) is 0 Å². The standard InChI is InChI=1S/C5H10BF3NO/c7-6(8,9)5-10-1-3-11-4-2-10/h1-5H2/q-1/p+1. The number of hydrogen-bond acceptors (Lipinski definition) is 1. The summed E-state index contributed by atoms with van der Waals surface area (Å²) < 4.78 is 40.5. The number of ether oxygens (including phenoxy) is 1. The molecule has 0 saturated carbocycles. The van der Waals surface area contributed by atoms with Gasteiger partial charge in [0.25, 0.3) is 0 Å². The minimum absolute atomic E-state index is 0.460. The van der Waals surface area contributed by atoms with Crippen LogP contribution in [0, 0.1) is 0 Å². The monoisotopic (exact) mass is 169 g/mol. The van der Waals surface area contributed by atoms with Gasteiger partial charge in [-0.3, -0.25) is 0 Å². The minimum Gasteiger partial charge on any atom is -0.445 e. The third-order valence-electron chi connectivity index (χ3n) is 1.72. The smallest absolute Gasteiger partial charge is 0.445 e. The first-order valence-electron chi connectivity index (χ1n) is 3.70. The fourth-order valence-electron chi connectivity index (χ4n) is 1.19. The van der Waals surface area contributed by atoms with Crippen molar-refractivity contribution in [3.8, 4) is 0 Å². The highest BCUT2D eigenvalue weighted by Crippen LogP contribution is 2.03. The van der Waals surface area contributed by atoms with Gasteiger partial charge in [0.2, 0.25) is 0 Å². The Labute approximate surface area is 63.4 Å². The molecule has 0 radical (unpaired) electrons. The van der Waals surface area contributed by atoms with Gasteiger partial charge in [-0.05, 0) is 0 Å². The molecule has 0 amide bonds. The van der Waals surface area contributed by atoms with E-state index in [-0.39, 0.29) is 0 Å². The van der Waals surface area contributed by atoms with Crippen LogP contribution in [0.25, 0.3) is 0 Å². The van der Waals surface area contributed by atoms with Gasteiger partial charge >= 0.3 is 6.98 Å². The molecule has 6 heteroatoms. The van der Waals surface area contributed by atoms with Gasteiger partial charge in [0.05, 0.1) is 32.7 Å². The summed E-state index contributed by atoms with van der Waals surface area (Å²) in [5.74, 6) is 0. The highest BCUT2D eigenvalue weighted by atomic mass is 19.4. The van der Waals surface area contributed by atoms with Crippen LogP contribution >= 0.6 is 0 Å². The Morgan fingerprint density at radius 1 is 1.18 bits per heavy atom. The summed E-state index contributed by atoms with van der Waals surface area (Å²) >= 11 is 0. The van der Waals surface area contributed by atoms with Crippen LogP contribution in [0.5, 0.6) is 0 Å². The van der Waals surface area contributed by atoms with Crippen LogP contribution in [0.3, 0.4) is 0 Å². The molecule has 0 aromatic carbocycles. The largest absolute Gasteiger partial charge is 0.531 e. The van der Waals surface area contributed by atoms with E-state index >= 15 is 0 Å². The summed E-state index contributed by atoms with van der Waals surface area (Å²) in [6, 6.07) is 0. The molecule has 1 saturated heterocycles. The highest BCUT2D eigenvalue weighted by Gasteiger charge is 2.30. The van der Waals surface area contributed by atoms with Crippen LogP contribution in [-0.4, -0.2) is 39.7 Å². The Bertz CT molecular complexity index is 123. The molecule has 1 rings (SSSR count). The van der Waals surface area contributed by atoms with Gasteiger partial charge in [0.1, 0.15) is 0 Å². The second-order valence-corrected chi connectivity index (χ2v) is 2.78. The first-order chi connectivity index (χ1) is 5.08. The molecule has 11 heavy (non-hydrogen) atoms. The molecule has 1 aliphatic rings. The number of quaternary nitrogens is 1. The molecule has 0 bridgehead atoms. The molecule has 0 aromatic heterocycles. The second-order valence-electron chi connectivity index (χ2n) is 2.78. The summed E-state index contributed by atoms with van der Waals surface area (Å²) in [6.07, 6.45) is -0.663. The van der Waals surface area contributed by atoms with Crippen molar-refractivity contribution in [2.45, 2.75) is 0 Å². The van der Waals surface area contributed by atoms with Crippen molar-refractivity contribution >= 4 is 6.98 Å². The van der Waals surface area contributed by atoms with Gasteiger partial charge in [-0.15, -0.1) is 0 Å². The molecule has 1 N–H and O–H groups in total. The first kappa shape index (κ1) is 8.87. The number of halogens is 3. The summed E-state index contributed by atoms with van der Waals surface area (Å²) in [6.45, 7) is -2.73. The van der Waals surface area contributed by atoms with E-state index < -0.39 is 13.4 Å². The zero-order valence-corrected chi connectivity index (χ0v) is 6.16. The Balaban J connectivity index is 2.24. The van der Waals surface area contributed by atoms with Gasteiger partial charge < -0.3 is 22.6 Å². The van der Waals surface area contributed by atoms with Crippen molar-refractivity contribution in [1.82, 2.24) is 0 Å². The molecule has 0 atom stereocenters. The van der Waals surface area contributed by atoms with Crippen molar-refractivity contribution in [1.29, 1.82) is 0 Å². The Morgan fingerprint density at radius 2 is 1.73 bits per heavy atom. The summed E-state index contributed by atoms with van der Waals surface area (Å²) in [7, 11) is 0. The Morgan fingerprint density at radius 3 is 2.18 bits per heavy atom. The normalized spacial score (nSPS) is 22.1. The third kappa shape index (κ3) is 3.62. The lowest BCUT2D eigenvalue weighted by molar-refractivity contribution is -0.899. The number of hydrogen-bond donors (Lipinski definition) is 1. The van der Waals surface area contributed by atoms with Crippen LogP contribution in [0.1, 0.15) is 0 Å². The predicted molar refractivity (Wildman–Crippen MR) is 35.5 cm³/mol. The third-order valence-corrected chi connectivity index (χ3v) is 1.72. The topological polar surface area (TPSA) is 13.7 Å². The average molecular weight is 169 g/mol. The zero-order chi connectivity index (χ0) is 8.32. The van der Waals surface area contributed by atoms with Gasteiger partial charge in [0.15, 0.2) is 0 Å². The van der Waals surface area contributed by atoms with Crippen LogP contribution in [0.2, 0.25) is 0 Å². The highest BCUT2D eigenvalue weighted by molar-refractivity contribution is 6.58. The molecular formula is C5H11BF3NO. The summed E-state index contributed by atoms with van der Waals surface area (Å²) in [5.41, 5.74) is 0. The lowest BCUT2D eigenvalue weighted by atomic mass is 9.91. The van der Waals surface area contributed by atoms with Crippen molar-refractivity contribution < 1.29 is 22.6 Å². The summed E-state index contributed by atoms with van der Waals surface area (Å²) in [5, 5.41) is 0. The van der Waals surface area contributed by atoms with Crippen molar-refractivity contribution in [2.24, 2.45) is 0 Å². The molecule has 0 spiro atoms. The Kier molecular flexibility index (Phi) is 2.78. The van der Waals surface area contributed by atoms with E-state index in [1.807, 2.05) is 0 Å². The molecular weight excluding hydrogens is 158 g/mol. The molecule has 2 nitrogen and oxygen atoms in total. The van der Waals surface area contributed by atoms with Crippen LogP contribution < -0.4 is 4.90 Å². The minimum atomic E-state index is -4.62. The number of morpholine rings is 1. The lowest BCUT2D eigenvalue weighted by Crippen LogP contribution is -3.15. The lowest BCUT2D eigenvalue weighted by Gasteiger charge is -2.27. The van der Waals surface area contributed by atoms with Crippen LogP contribution in [0.15, 0.2) is 0 Å². The van der Waals surface area contributed by atoms with Crippen LogP contribution in [0.4, 0.5) is 12.9 Å². The fourth-order valence-corrected chi connectivity index (χ4v) is 1.19. The molecule has 1 aliphatic heterocycles. The fraction of sp³-hybridized carbons (Fsp3) is 1.00. The number of rotatable bonds is 2. The molecule has 0 aliphatic carbocycles. The predicted octanol–water partition coefficient (Wildman–Crippen LogP) is -0.712. The zero-order valence-electron chi connectivity index (χ0n) is 6.16. The second kappa shape index (κ2) is 3.45. The van der Waals surface area contributed by atoms with Gasteiger partial charge in [-0.25, -0.2) is 0 Å². The van der Waals surface area contributed by atoms with E-state index in [0.29, 0.717) is 31.2 Å². The van der Waals surface area contributed by atoms with Crippen molar-refractivity contribution in [3.63, 3.8) is 0 Å². The van der Waals surface area contributed by atoms with E-state index in [9.17, 15) is 12.9 Å². The average Bonchev–Trinajstić information content (AvgIpc) is 1.85. The Hall–Kier alpha value is -0.225. The first-order valence-corrected chi connectivity index (χ1v) is 3.70. The SMILES string of the molecule is F[B-](F)(F)C[NH+]1CCOCC1. The van der Waals surface area contributed by atoms with E-state index in [1.165, 1.54) is 0 Å². The molecule has 0 aromatic rings. The molecule has 0 unspecified atom stereocenters. The van der Waals surface area contributed by atoms with Crippen molar-refractivity contribution in [3.05, 3.63) is 0 Å². The maximum Gasteiger partial charge on any atom is 0.531 e. The van der Waals surface area contributed by atoms with E-state index in [1.54, 1.807) is 0 Å². The molecule has 66 valence electrons. The quantitative estimate of drug-likeness (QED) is 0.539. The molecule has 1 fully saturated rings. The van der Waals surface area contributed by atoms with Gasteiger partial charge in [-0.1, -0.05) is 0 Å². The summed E-state index contributed by atoms with van der Waals surface area (Å²) in [4.78, 5) is 0.601. The van der Waals surface area contributed by atoms with Crippen LogP contribution in [-0.2, 0) is 4.74 Å². The molecule has 1 heterocycles. The maximum absolute atomic E-state index is 11.8. The van der Waals surface area contributed by atoms with E-state index in [2.05, 4.69) is 0 Å². The van der Waals surface area contributed by atoms with E-state index in [4.69, 9.17) is 4.74 Å². The van der Waals surface area contributed by atoms with Crippen molar-refractivity contribution in [2.75, 3.05) is 32.7 Å². The maximum atomic E-state index is 11.8. The van der Waals surface area contributed by atoms with Gasteiger partial charge in [0, 0.05) is 0 Å².